The van der Waals surface area contributed by atoms with Crippen LogP contribution < -0.4 is 0 Å². The molecule has 1 saturated carbocycles. The highest BCUT2D eigenvalue weighted by molar-refractivity contribution is 5.37. The highest BCUT2D eigenvalue weighted by atomic mass is 16.5. The van der Waals surface area contributed by atoms with Gasteiger partial charge in [0.2, 0.25) is 0 Å². The molecule has 0 atom stereocenters. The molecule has 1 saturated heterocycles. The third kappa shape index (κ3) is 3.67. The molecule has 1 heterocycles. The summed E-state index contributed by atoms with van der Waals surface area (Å²) >= 11 is 0. The number of hydrogen-bond acceptors (Lipinski definition) is 2. The maximum Gasteiger partial charge on any atom is 0.0831 e. The van der Waals surface area contributed by atoms with E-state index in [4.69, 9.17) is 4.74 Å². The monoisotopic (exact) mass is 283 g/mol. The molecule has 2 nitrogen and oxygen atoms in total. The summed E-state index contributed by atoms with van der Waals surface area (Å²) in [6, 6.07) is 10.4. The van der Waals surface area contributed by atoms with Crippen LogP contribution in [0.5, 0.6) is 0 Å². The lowest BCUT2D eigenvalue weighted by Crippen LogP contribution is -2.52. The molecule has 2 aliphatic rings. The van der Waals surface area contributed by atoms with E-state index in [1.807, 2.05) is 0 Å². The van der Waals surface area contributed by atoms with E-state index in [0.717, 1.165) is 31.9 Å². The minimum atomic E-state index is 0.0795. The Labute approximate surface area is 128 Å². The zero-order chi connectivity index (χ0) is 14.4. The molecule has 2 fully saturated rings. The first kappa shape index (κ1) is 14.6. The van der Waals surface area contributed by atoms with Gasteiger partial charge in [-0.05, 0) is 25.0 Å². The summed E-state index contributed by atoms with van der Waals surface area (Å²) in [5, 5.41) is 0. The second-order valence-electron chi connectivity index (χ2n) is 6.16. The summed E-state index contributed by atoms with van der Waals surface area (Å²) in [5.74, 6) is 7.13. The summed E-state index contributed by atoms with van der Waals surface area (Å²) in [6.07, 6.45) is 7.76. The van der Waals surface area contributed by atoms with Crippen molar-refractivity contribution in [1.29, 1.82) is 0 Å². The molecule has 1 aliphatic heterocycles. The lowest BCUT2D eigenvalue weighted by Gasteiger charge is -2.42. The third-order valence-corrected chi connectivity index (χ3v) is 4.76. The Hall–Kier alpha value is -1.30. The Kier molecular flexibility index (Phi) is 4.95. The summed E-state index contributed by atoms with van der Waals surface area (Å²) in [5.41, 5.74) is 1.21. The standard InChI is InChI=1S/C19H25NO/c1-2-7-12-19(11-6-1,20-14-16-21-17-15-20)13-10-18-8-4-3-5-9-18/h3-5,8-9H,1-2,6-7,11-12,14-17H2. The van der Waals surface area contributed by atoms with Gasteiger partial charge in [0, 0.05) is 18.7 Å². The van der Waals surface area contributed by atoms with Crippen molar-refractivity contribution in [3.05, 3.63) is 35.9 Å². The molecule has 1 aromatic rings. The first-order valence-corrected chi connectivity index (χ1v) is 8.30. The molecule has 3 rings (SSSR count). The van der Waals surface area contributed by atoms with E-state index in [1.165, 1.54) is 38.5 Å². The minimum Gasteiger partial charge on any atom is -0.379 e. The van der Waals surface area contributed by atoms with Crippen LogP contribution in [0.4, 0.5) is 0 Å². The fourth-order valence-corrected chi connectivity index (χ4v) is 3.54. The number of nitrogens with zero attached hydrogens (tertiary/aromatic N) is 1. The highest BCUT2D eigenvalue weighted by Gasteiger charge is 2.36. The molecule has 1 aromatic carbocycles. The average molecular weight is 283 g/mol. The average Bonchev–Trinajstić information content (AvgIpc) is 2.81. The summed E-state index contributed by atoms with van der Waals surface area (Å²) in [6.45, 7) is 3.77. The van der Waals surface area contributed by atoms with Crippen molar-refractivity contribution in [3.63, 3.8) is 0 Å². The predicted molar refractivity (Wildman–Crippen MR) is 86.1 cm³/mol. The summed E-state index contributed by atoms with van der Waals surface area (Å²) in [7, 11) is 0. The van der Waals surface area contributed by atoms with Gasteiger partial charge in [0.15, 0.2) is 0 Å². The van der Waals surface area contributed by atoms with Crippen molar-refractivity contribution in [1.82, 2.24) is 4.90 Å². The van der Waals surface area contributed by atoms with E-state index in [-0.39, 0.29) is 5.54 Å². The first-order chi connectivity index (χ1) is 10.4. The van der Waals surface area contributed by atoms with Crippen molar-refractivity contribution >= 4 is 0 Å². The fraction of sp³-hybridized carbons (Fsp3) is 0.579. The van der Waals surface area contributed by atoms with E-state index in [2.05, 4.69) is 47.1 Å². The Bertz CT molecular complexity index is 485. The van der Waals surface area contributed by atoms with Crippen LogP contribution in [0.15, 0.2) is 30.3 Å². The van der Waals surface area contributed by atoms with Gasteiger partial charge in [-0.1, -0.05) is 55.7 Å². The zero-order valence-electron chi connectivity index (χ0n) is 12.8. The largest absolute Gasteiger partial charge is 0.379 e. The lowest BCUT2D eigenvalue weighted by molar-refractivity contribution is -0.00747. The van der Waals surface area contributed by atoms with Gasteiger partial charge in [-0.15, -0.1) is 0 Å². The number of morpholine rings is 1. The maximum atomic E-state index is 5.54. The third-order valence-electron chi connectivity index (χ3n) is 4.76. The molecule has 0 aromatic heterocycles. The van der Waals surface area contributed by atoms with Crippen molar-refractivity contribution in [2.24, 2.45) is 0 Å². The topological polar surface area (TPSA) is 12.5 Å². The number of benzene rings is 1. The highest BCUT2D eigenvalue weighted by Crippen LogP contribution is 2.32. The van der Waals surface area contributed by atoms with Crippen LogP contribution in [0.1, 0.15) is 44.1 Å². The van der Waals surface area contributed by atoms with Gasteiger partial charge in [0.25, 0.3) is 0 Å². The van der Waals surface area contributed by atoms with Crippen molar-refractivity contribution in [2.75, 3.05) is 26.3 Å². The molecule has 0 amide bonds. The number of rotatable bonds is 1. The normalized spacial score (nSPS) is 22.9. The molecular formula is C19H25NO. The molecule has 21 heavy (non-hydrogen) atoms. The number of hydrogen-bond donors (Lipinski definition) is 0. The molecule has 2 heteroatoms. The molecule has 112 valence electrons. The summed E-state index contributed by atoms with van der Waals surface area (Å²) < 4.78 is 5.54. The van der Waals surface area contributed by atoms with Crippen LogP contribution >= 0.6 is 0 Å². The minimum absolute atomic E-state index is 0.0795. The molecular weight excluding hydrogens is 258 g/mol. The Morgan fingerprint density at radius 2 is 1.57 bits per heavy atom. The van der Waals surface area contributed by atoms with E-state index >= 15 is 0 Å². The van der Waals surface area contributed by atoms with Gasteiger partial charge in [0.1, 0.15) is 0 Å². The van der Waals surface area contributed by atoms with Gasteiger partial charge in [-0.3, -0.25) is 4.90 Å². The molecule has 0 unspecified atom stereocenters. The summed E-state index contributed by atoms with van der Waals surface area (Å²) in [4.78, 5) is 2.60. The van der Waals surface area contributed by atoms with Gasteiger partial charge >= 0.3 is 0 Å². The van der Waals surface area contributed by atoms with Crippen molar-refractivity contribution in [2.45, 2.75) is 44.1 Å². The van der Waals surface area contributed by atoms with Gasteiger partial charge in [-0.2, -0.15) is 0 Å². The quantitative estimate of drug-likeness (QED) is 0.578. The lowest BCUT2D eigenvalue weighted by atomic mass is 9.88. The predicted octanol–water partition coefficient (Wildman–Crippen LogP) is 3.46. The maximum absolute atomic E-state index is 5.54. The molecule has 1 aliphatic carbocycles. The van der Waals surface area contributed by atoms with Crippen molar-refractivity contribution < 1.29 is 4.74 Å². The van der Waals surface area contributed by atoms with E-state index in [9.17, 15) is 0 Å². The van der Waals surface area contributed by atoms with Crippen LogP contribution in [-0.2, 0) is 4.74 Å². The van der Waals surface area contributed by atoms with Gasteiger partial charge in [-0.25, -0.2) is 0 Å². The fourth-order valence-electron chi connectivity index (χ4n) is 3.54. The molecule has 0 N–H and O–H groups in total. The van der Waals surface area contributed by atoms with Crippen LogP contribution in [-0.4, -0.2) is 36.7 Å². The molecule has 0 bridgehead atoms. The Morgan fingerprint density at radius 3 is 2.24 bits per heavy atom. The van der Waals surface area contributed by atoms with E-state index in [0.29, 0.717) is 0 Å². The molecule has 0 spiro atoms. The second kappa shape index (κ2) is 7.11. The Morgan fingerprint density at radius 1 is 0.905 bits per heavy atom. The second-order valence-corrected chi connectivity index (χ2v) is 6.16. The van der Waals surface area contributed by atoms with Gasteiger partial charge < -0.3 is 4.74 Å². The van der Waals surface area contributed by atoms with Gasteiger partial charge in [0.05, 0.1) is 18.8 Å². The van der Waals surface area contributed by atoms with Crippen LogP contribution in [0.3, 0.4) is 0 Å². The number of ether oxygens (including phenoxy) is 1. The Balaban J connectivity index is 1.86. The van der Waals surface area contributed by atoms with Crippen LogP contribution in [0.25, 0.3) is 0 Å². The van der Waals surface area contributed by atoms with Crippen LogP contribution in [0.2, 0.25) is 0 Å². The van der Waals surface area contributed by atoms with Crippen LogP contribution in [0, 0.1) is 11.8 Å². The first-order valence-electron chi connectivity index (χ1n) is 8.30. The smallest absolute Gasteiger partial charge is 0.0831 e. The van der Waals surface area contributed by atoms with Crippen molar-refractivity contribution in [3.8, 4) is 11.8 Å². The zero-order valence-corrected chi connectivity index (χ0v) is 12.8. The van der Waals surface area contributed by atoms with E-state index < -0.39 is 0 Å². The van der Waals surface area contributed by atoms with E-state index in [1.54, 1.807) is 0 Å². The SMILES string of the molecule is C(#CC1(N2CCOCC2)CCCCCC1)c1ccccc1. The molecule has 0 radical (unpaired) electrons.